The Bertz CT molecular complexity index is 389. The van der Waals surface area contributed by atoms with E-state index in [2.05, 4.69) is 9.72 Å². The third-order valence-corrected chi connectivity index (χ3v) is 1.86. The molecule has 0 aromatic carbocycles. The van der Waals surface area contributed by atoms with Gasteiger partial charge in [-0.1, -0.05) is 0 Å². The molecule has 0 saturated carbocycles. The standard InChI is InChI=1S/C11H13NO4/c1-3-16-8-4-5-12-9(6-8)10(13)7-11(14)15-2/h4-6H,3,7H2,1-2H3. The summed E-state index contributed by atoms with van der Waals surface area (Å²) in [6.45, 7) is 2.35. The third-order valence-electron chi connectivity index (χ3n) is 1.86. The SMILES string of the molecule is CCOc1ccnc(C(=O)CC(=O)OC)c1. The van der Waals surface area contributed by atoms with Gasteiger partial charge in [-0.3, -0.25) is 14.6 Å². The molecule has 0 saturated heterocycles. The predicted octanol–water partition coefficient (Wildman–Crippen LogP) is 1.23. The molecule has 0 radical (unpaired) electrons. The lowest BCUT2D eigenvalue weighted by atomic mass is 10.2. The van der Waals surface area contributed by atoms with E-state index >= 15 is 0 Å². The van der Waals surface area contributed by atoms with Crippen LogP contribution in [-0.4, -0.2) is 30.5 Å². The molecule has 0 aliphatic heterocycles. The van der Waals surface area contributed by atoms with Gasteiger partial charge in [0.15, 0.2) is 5.78 Å². The summed E-state index contributed by atoms with van der Waals surface area (Å²) in [7, 11) is 1.24. The van der Waals surface area contributed by atoms with Crippen molar-refractivity contribution in [1.82, 2.24) is 4.98 Å². The molecule has 16 heavy (non-hydrogen) atoms. The van der Waals surface area contributed by atoms with Crippen molar-refractivity contribution < 1.29 is 19.1 Å². The largest absolute Gasteiger partial charge is 0.494 e. The van der Waals surface area contributed by atoms with Crippen molar-refractivity contribution in [2.45, 2.75) is 13.3 Å². The number of hydrogen-bond acceptors (Lipinski definition) is 5. The van der Waals surface area contributed by atoms with Gasteiger partial charge in [-0.05, 0) is 13.0 Å². The highest BCUT2D eigenvalue weighted by atomic mass is 16.5. The average Bonchev–Trinajstić information content (AvgIpc) is 2.29. The number of aromatic nitrogens is 1. The van der Waals surface area contributed by atoms with Gasteiger partial charge in [0.2, 0.25) is 0 Å². The lowest BCUT2D eigenvalue weighted by Crippen LogP contribution is -2.11. The van der Waals surface area contributed by atoms with Crippen LogP contribution in [0.4, 0.5) is 0 Å². The number of rotatable bonds is 5. The number of carbonyl (C=O) groups is 2. The van der Waals surface area contributed by atoms with Crippen molar-refractivity contribution >= 4 is 11.8 Å². The fraction of sp³-hybridized carbons (Fsp3) is 0.364. The van der Waals surface area contributed by atoms with Crippen LogP contribution in [0.25, 0.3) is 0 Å². The van der Waals surface area contributed by atoms with Crippen LogP contribution in [0, 0.1) is 0 Å². The van der Waals surface area contributed by atoms with E-state index in [1.807, 2.05) is 6.92 Å². The molecule has 1 rings (SSSR count). The van der Waals surface area contributed by atoms with Crippen LogP contribution in [0.2, 0.25) is 0 Å². The first kappa shape index (κ1) is 12.2. The van der Waals surface area contributed by atoms with Crippen molar-refractivity contribution in [3.05, 3.63) is 24.0 Å². The lowest BCUT2D eigenvalue weighted by molar-refractivity contribution is -0.139. The van der Waals surface area contributed by atoms with Crippen LogP contribution in [0.5, 0.6) is 5.75 Å². The van der Waals surface area contributed by atoms with Crippen LogP contribution < -0.4 is 4.74 Å². The Morgan fingerprint density at radius 2 is 2.19 bits per heavy atom. The smallest absolute Gasteiger partial charge is 0.313 e. The van der Waals surface area contributed by atoms with Gasteiger partial charge in [-0.15, -0.1) is 0 Å². The van der Waals surface area contributed by atoms with Gasteiger partial charge in [0.25, 0.3) is 0 Å². The summed E-state index contributed by atoms with van der Waals surface area (Å²) in [4.78, 5) is 26.3. The first-order valence-corrected chi connectivity index (χ1v) is 4.86. The van der Waals surface area contributed by atoms with E-state index in [9.17, 15) is 9.59 Å². The minimum absolute atomic E-state index is 0.205. The second-order valence-corrected chi connectivity index (χ2v) is 2.99. The molecule has 1 aromatic heterocycles. The number of hydrogen-bond donors (Lipinski definition) is 0. The molecule has 0 unspecified atom stereocenters. The number of ketones is 1. The van der Waals surface area contributed by atoms with Crippen molar-refractivity contribution in [2.24, 2.45) is 0 Å². The van der Waals surface area contributed by atoms with Gasteiger partial charge in [-0.2, -0.15) is 0 Å². The summed E-state index contributed by atoms with van der Waals surface area (Å²) in [5.74, 6) is -0.396. The first-order valence-electron chi connectivity index (χ1n) is 4.86. The number of carbonyl (C=O) groups excluding carboxylic acids is 2. The summed E-state index contributed by atoms with van der Waals surface area (Å²) < 4.78 is 9.62. The van der Waals surface area contributed by atoms with Crippen molar-refractivity contribution in [3.63, 3.8) is 0 Å². The molecule has 1 aromatic rings. The predicted molar refractivity (Wildman–Crippen MR) is 56.4 cm³/mol. The Morgan fingerprint density at radius 1 is 1.44 bits per heavy atom. The van der Waals surface area contributed by atoms with Crippen molar-refractivity contribution in [1.29, 1.82) is 0 Å². The number of Topliss-reactive ketones (excluding diaryl/α,β-unsaturated/α-hetero) is 1. The van der Waals surface area contributed by atoms with E-state index in [0.717, 1.165) is 0 Å². The molecular formula is C11H13NO4. The normalized spacial score (nSPS) is 9.62. The van der Waals surface area contributed by atoms with Crippen molar-refractivity contribution in [2.75, 3.05) is 13.7 Å². The minimum Gasteiger partial charge on any atom is -0.494 e. The van der Waals surface area contributed by atoms with Gasteiger partial charge in [0.05, 0.1) is 13.7 Å². The van der Waals surface area contributed by atoms with Gasteiger partial charge in [0.1, 0.15) is 17.9 Å². The van der Waals surface area contributed by atoms with Crippen LogP contribution in [-0.2, 0) is 9.53 Å². The molecule has 0 aliphatic rings. The maximum Gasteiger partial charge on any atom is 0.313 e. The molecule has 5 heteroatoms. The van der Waals surface area contributed by atoms with E-state index in [-0.39, 0.29) is 17.9 Å². The Kier molecular flexibility index (Phi) is 4.44. The van der Waals surface area contributed by atoms with E-state index < -0.39 is 5.97 Å². The highest BCUT2D eigenvalue weighted by Gasteiger charge is 2.13. The highest BCUT2D eigenvalue weighted by Crippen LogP contribution is 2.12. The number of pyridine rings is 1. The summed E-state index contributed by atoms with van der Waals surface area (Å²) in [6.07, 6.45) is 1.16. The van der Waals surface area contributed by atoms with E-state index in [0.29, 0.717) is 12.4 Å². The number of methoxy groups -OCH3 is 1. The molecule has 86 valence electrons. The van der Waals surface area contributed by atoms with Crippen LogP contribution in [0.3, 0.4) is 0 Å². The number of esters is 1. The zero-order valence-corrected chi connectivity index (χ0v) is 9.23. The molecule has 0 amide bonds. The van der Waals surface area contributed by atoms with Gasteiger partial charge >= 0.3 is 5.97 Å². The fourth-order valence-corrected chi connectivity index (χ4v) is 1.11. The Morgan fingerprint density at radius 3 is 2.81 bits per heavy atom. The molecule has 5 nitrogen and oxygen atoms in total. The molecule has 0 bridgehead atoms. The molecule has 0 N–H and O–H groups in total. The molecule has 0 atom stereocenters. The van der Waals surface area contributed by atoms with Crippen molar-refractivity contribution in [3.8, 4) is 5.75 Å². The second kappa shape index (κ2) is 5.85. The molecule has 1 heterocycles. The second-order valence-electron chi connectivity index (χ2n) is 2.99. The van der Waals surface area contributed by atoms with Crippen LogP contribution in [0.15, 0.2) is 18.3 Å². The van der Waals surface area contributed by atoms with Crippen LogP contribution >= 0.6 is 0 Å². The summed E-state index contributed by atoms with van der Waals surface area (Å²) in [5, 5.41) is 0. The van der Waals surface area contributed by atoms with Gasteiger partial charge in [-0.25, -0.2) is 0 Å². The van der Waals surface area contributed by atoms with Gasteiger partial charge < -0.3 is 9.47 Å². The van der Waals surface area contributed by atoms with E-state index in [4.69, 9.17) is 4.74 Å². The van der Waals surface area contributed by atoms with E-state index in [1.165, 1.54) is 19.4 Å². The monoisotopic (exact) mass is 223 g/mol. The number of nitrogens with zero attached hydrogens (tertiary/aromatic N) is 1. The van der Waals surface area contributed by atoms with Crippen LogP contribution in [0.1, 0.15) is 23.8 Å². The maximum atomic E-state index is 11.6. The maximum absolute atomic E-state index is 11.6. The Balaban J connectivity index is 2.75. The topological polar surface area (TPSA) is 65.5 Å². The summed E-state index contributed by atoms with van der Waals surface area (Å²) in [6, 6.07) is 3.16. The molecular weight excluding hydrogens is 210 g/mol. The number of ether oxygens (including phenoxy) is 2. The summed E-state index contributed by atoms with van der Waals surface area (Å²) >= 11 is 0. The zero-order chi connectivity index (χ0) is 12.0. The Labute approximate surface area is 93.4 Å². The van der Waals surface area contributed by atoms with Gasteiger partial charge in [0, 0.05) is 12.3 Å². The first-order chi connectivity index (χ1) is 7.67. The highest BCUT2D eigenvalue weighted by molar-refractivity contribution is 6.04. The molecule has 0 aliphatic carbocycles. The third kappa shape index (κ3) is 3.34. The van der Waals surface area contributed by atoms with E-state index in [1.54, 1.807) is 6.07 Å². The zero-order valence-electron chi connectivity index (χ0n) is 9.23. The quantitative estimate of drug-likeness (QED) is 0.426. The summed E-state index contributed by atoms with van der Waals surface area (Å²) in [5.41, 5.74) is 0.205. The molecule has 0 spiro atoms. The Hall–Kier alpha value is -1.91. The average molecular weight is 223 g/mol. The lowest BCUT2D eigenvalue weighted by Gasteiger charge is -2.04. The minimum atomic E-state index is -0.575. The molecule has 0 fully saturated rings. The fourth-order valence-electron chi connectivity index (χ4n) is 1.11.